The predicted molar refractivity (Wildman–Crippen MR) is 76.9 cm³/mol. The van der Waals surface area contributed by atoms with Crippen molar-refractivity contribution in [1.82, 2.24) is 4.90 Å². The SMILES string of the molecule is Cc1cccc(CC(=O)N2CCCCC2C(=O)O)c1Cl. The van der Waals surface area contributed by atoms with Gasteiger partial charge in [-0.25, -0.2) is 4.79 Å². The van der Waals surface area contributed by atoms with Gasteiger partial charge in [0.2, 0.25) is 5.91 Å². The number of aryl methyl sites for hydroxylation is 1. The van der Waals surface area contributed by atoms with Gasteiger partial charge < -0.3 is 10.0 Å². The second-order valence-electron chi connectivity index (χ2n) is 5.16. The predicted octanol–water partition coefficient (Wildman–Crippen LogP) is 2.66. The number of hydrogen-bond acceptors (Lipinski definition) is 2. The molecule has 1 aromatic carbocycles. The van der Waals surface area contributed by atoms with E-state index >= 15 is 0 Å². The van der Waals surface area contributed by atoms with E-state index in [-0.39, 0.29) is 12.3 Å². The van der Waals surface area contributed by atoms with Crippen LogP contribution in [0.3, 0.4) is 0 Å². The molecule has 0 aliphatic carbocycles. The van der Waals surface area contributed by atoms with Crippen LogP contribution in [0.2, 0.25) is 5.02 Å². The zero-order valence-corrected chi connectivity index (χ0v) is 12.2. The summed E-state index contributed by atoms with van der Waals surface area (Å²) in [6.07, 6.45) is 2.40. The number of carbonyl (C=O) groups is 2. The largest absolute Gasteiger partial charge is 0.480 e. The highest BCUT2D eigenvalue weighted by atomic mass is 35.5. The van der Waals surface area contributed by atoms with Crippen molar-refractivity contribution >= 4 is 23.5 Å². The molecular weight excluding hydrogens is 278 g/mol. The quantitative estimate of drug-likeness (QED) is 0.932. The van der Waals surface area contributed by atoms with Crippen LogP contribution >= 0.6 is 11.6 Å². The minimum atomic E-state index is -0.923. The summed E-state index contributed by atoms with van der Waals surface area (Å²) >= 11 is 6.19. The van der Waals surface area contributed by atoms with Gasteiger partial charge in [0.15, 0.2) is 0 Å². The Bertz CT molecular complexity index is 530. The fourth-order valence-corrected chi connectivity index (χ4v) is 2.79. The molecule has 1 heterocycles. The van der Waals surface area contributed by atoms with Crippen LogP contribution in [0.4, 0.5) is 0 Å². The Morgan fingerprint density at radius 1 is 1.40 bits per heavy atom. The second-order valence-corrected chi connectivity index (χ2v) is 5.54. The number of benzene rings is 1. The minimum Gasteiger partial charge on any atom is -0.480 e. The Labute approximate surface area is 123 Å². The first-order chi connectivity index (χ1) is 9.50. The van der Waals surface area contributed by atoms with E-state index in [4.69, 9.17) is 11.6 Å². The highest BCUT2D eigenvalue weighted by molar-refractivity contribution is 6.32. The smallest absolute Gasteiger partial charge is 0.326 e. The summed E-state index contributed by atoms with van der Waals surface area (Å²) in [5.41, 5.74) is 1.68. The molecule has 1 fully saturated rings. The highest BCUT2D eigenvalue weighted by Gasteiger charge is 2.31. The molecule has 1 atom stereocenters. The molecule has 1 N–H and O–H groups in total. The van der Waals surface area contributed by atoms with Gasteiger partial charge >= 0.3 is 5.97 Å². The van der Waals surface area contributed by atoms with E-state index in [0.717, 1.165) is 24.0 Å². The third-order valence-corrected chi connectivity index (χ3v) is 4.26. The van der Waals surface area contributed by atoms with Crippen LogP contribution < -0.4 is 0 Å². The van der Waals surface area contributed by atoms with Gasteiger partial charge in [-0.05, 0) is 37.3 Å². The Morgan fingerprint density at radius 3 is 2.85 bits per heavy atom. The van der Waals surface area contributed by atoms with E-state index in [1.165, 1.54) is 4.90 Å². The van der Waals surface area contributed by atoms with E-state index in [0.29, 0.717) is 18.0 Å². The maximum atomic E-state index is 12.3. The maximum absolute atomic E-state index is 12.3. The number of piperidine rings is 1. The minimum absolute atomic E-state index is 0.157. The van der Waals surface area contributed by atoms with Crippen molar-refractivity contribution in [1.29, 1.82) is 0 Å². The molecule has 4 nitrogen and oxygen atoms in total. The zero-order valence-electron chi connectivity index (χ0n) is 11.4. The fraction of sp³-hybridized carbons (Fsp3) is 0.467. The van der Waals surface area contributed by atoms with Gasteiger partial charge in [0.1, 0.15) is 6.04 Å². The van der Waals surface area contributed by atoms with Gasteiger partial charge in [-0.3, -0.25) is 4.79 Å². The molecule has 1 aliphatic rings. The normalized spacial score (nSPS) is 18.9. The van der Waals surface area contributed by atoms with Crippen molar-refractivity contribution in [2.24, 2.45) is 0 Å². The van der Waals surface area contributed by atoms with Crippen molar-refractivity contribution in [3.63, 3.8) is 0 Å². The summed E-state index contributed by atoms with van der Waals surface area (Å²) in [6, 6.07) is 4.86. The van der Waals surface area contributed by atoms with Crippen LogP contribution in [0.5, 0.6) is 0 Å². The fourth-order valence-electron chi connectivity index (χ4n) is 2.60. The number of likely N-dealkylation sites (tertiary alicyclic amines) is 1. The molecule has 1 unspecified atom stereocenters. The lowest BCUT2D eigenvalue weighted by Gasteiger charge is -2.33. The second kappa shape index (κ2) is 6.27. The summed E-state index contributed by atoms with van der Waals surface area (Å²) in [5.74, 6) is -1.09. The first-order valence-corrected chi connectivity index (χ1v) is 7.14. The molecule has 0 aromatic heterocycles. The van der Waals surface area contributed by atoms with Gasteiger partial charge in [0.05, 0.1) is 6.42 Å². The molecule has 0 spiro atoms. The first kappa shape index (κ1) is 14.9. The molecule has 1 aliphatic heterocycles. The Morgan fingerprint density at radius 2 is 2.15 bits per heavy atom. The highest BCUT2D eigenvalue weighted by Crippen LogP contribution is 2.23. The number of carboxylic acid groups (broad SMARTS) is 1. The Kier molecular flexibility index (Phi) is 4.65. The molecule has 1 aromatic rings. The molecule has 2 rings (SSSR count). The van der Waals surface area contributed by atoms with Crippen LogP contribution in [0.25, 0.3) is 0 Å². The summed E-state index contributed by atoms with van der Waals surface area (Å²) in [5, 5.41) is 9.79. The van der Waals surface area contributed by atoms with E-state index in [1.54, 1.807) is 0 Å². The van der Waals surface area contributed by atoms with E-state index in [1.807, 2.05) is 25.1 Å². The molecule has 0 radical (unpaired) electrons. The third kappa shape index (κ3) is 3.12. The molecule has 20 heavy (non-hydrogen) atoms. The Balaban J connectivity index is 2.14. The van der Waals surface area contributed by atoms with Crippen LogP contribution in [0.15, 0.2) is 18.2 Å². The summed E-state index contributed by atoms with van der Waals surface area (Å²) in [6.45, 7) is 2.40. The van der Waals surface area contributed by atoms with Gasteiger partial charge in [-0.2, -0.15) is 0 Å². The number of nitrogens with zero attached hydrogens (tertiary/aromatic N) is 1. The average Bonchev–Trinajstić information content (AvgIpc) is 2.43. The first-order valence-electron chi connectivity index (χ1n) is 6.77. The van der Waals surface area contributed by atoms with Crippen molar-refractivity contribution in [3.05, 3.63) is 34.3 Å². The number of carboxylic acids is 1. The van der Waals surface area contributed by atoms with Crippen LogP contribution in [-0.2, 0) is 16.0 Å². The molecule has 0 saturated carbocycles. The van der Waals surface area contributed by atoms with E-state index < -0.39 is 12.0 Å². The third-order valence-electron chi connectivity index (χ3n) is 3.72. The van der Waals surface area contributed by atoms with Crippen LogP contribution in [0.1, 0.15) is 30.4 Å². The van der Waals surface area contributed by atoms with Gasteiger partial charge in [-0.15, -0.1) is 0 Å². The van der Waals surface area contributed by atoms with Gasteiger partial charge in [0.25, 0.3) is 0 Å². The molecular formula is C15H18ClNO3. The van der Waals surface area contributed by atoms with Gasteiger partial charge in [-0.1, -0.05) is 29.8 Å². The summed E-state index contributed by atoms with van der Waals surface area (Å²) in [7, 11) is 0. The number of carbonyl (C=O) groups excluding carboxylic acids is 1. The number of halogens is 1. The van der Waals surface area contributed by atoms with E-state index in [2.05, 4.69) is 0 Å². The monoisotopic (exact) mass is 295 g/mol. The molecule has 108 valence electrons. The lowest BCUT2D eigenvalue weighted by molar-refractivity contribution is -0.151. The lowest BCUT2D eigenvalue weighted by atomic mass is 10.0. The topological polar surface area (TPSA) is 57.6 Å². The van der Waals surface area contributed by atoms with Crippen LogP contribution in [0, 0.1) is 6.92 Å². The molecule has 5 heteroatoms. The van der Waals surface area contributed by atoms with Crippen LogP contribution in [-0.4, -0.2) is 34.5 Å². The summed E-state index contributed by atoms with van der Waals surface area (Å²) in [4.78, 5) is 25.0. The number of hydrogen-bond donors (Lipinski definition) is 1. The number of aliphatic carboxylic acids is 1. The number of rotatable bonds is 3. The molecule has 1 saturated heterocycles. The number of amides is 1. The van der Waals surface area contributed by atoms with Crippen molar-refractivity contribution < 1.29 is 14.7 Å². The average molecular weight is 296 g/mol. The molecule has 1 amide bonds. The van der Waals surface area contributed by atoms with Crippen molar-refractivity contribution in [2.45, 2.75) is 38.6 Å². The maximum Gasteiger partial charge on any atom is 0.326 e. The standard InChI is InChI=1S/C15H18ClNO3/c1-10-5-4-6-11(14(10)16)9-13(18)17-8-3-2-7-12(17)15(19)20/h4-6,12H,2-3,7-9H2,1H3,(H,19,20). The zero-order chi connectivity index (χ0) is 14.7. The summed E-state index contributed by atoms with van der Waals surface area (Å²) < 4.78 is 0. The van der Waals surface area contributed by atoms with Gasteiger partial charge in [0, 0.05) is 11.6 Å². The molecule has 0 bridgehead atoms. The Hall–Kier alpha value is -1.55. The van der Waals surface area contributed by atoms with Crippen molar-refractivity contribution in [2.75, 3.05) is 6.54 Å². The lowest BCUT2D eigenvalue weighted by Crippen LogP contribution is -2.48. The van der Waals surface area contributed by atoms with E-state index in [9.17, 15) is 14.7 Å². The van der Waals surface area contributed by atoms with Crippen molar-refractivity contribution in [3.8, 4) is 0 Å².